The smallest absolute Gasteiger partial charge is 0.224 e. The molecule has 0 fully saturated rings. The van der Waals surface area contributed by atoms with Gasteiger partial charge in [-0.3, -0.25) is 0 Å². The van der Waals surface area contributed by atoms with Gasteiger partial charge in [-0.15, -0.1) is 6.58 Å². The minimum Gasteiger partial charge on any atom is -0.328 e. The summed E-state index contributed by atoms with van der Waals surface area (Å²) in [6, 6.07) is 16.3. The molecule has 3 aromatic rings. The predicted octanol–water partition coefficient (Wildman–Crippen LogP) is 4.50. The molecule has 0 bridgehead atoms. The lowest BCUT2D eigenvalue weighted by Gasteiger charge is -2.04. The molecule has 0 spiro atoms. The summed E-state index contributed by atoms with van der Waals surface area (Å²) in [6.45, 7) is 5.61. The third-order valence-electron chi connectivity index (χ3n) is 3.62. The summed E-state index contributed by atoms with van der Waals surface area (Å²) in [6.07, 6.45) is 1.73. The lowest BCUT2D eigenvalue weighted by Crippen LogP contribution is -2.04. The van der Waals surface area contributed by atoms with E-state index < -0.39 is 9.84 Å². The van der Waals surface area contributed by atoms with Gasteiger partial charge in [-0.1, -0.05) is 65.9 Å². The van der Waals surface area contributed by atoms with Gasteiger partial charge in [-0.2, -0.15) is 0 Å². The van der Waals surface area contributed by atoms with Crippen LogP contribution in [0.15, 0.2) is 82.2 Å². The van der Waals surface area contributed by atoms with Gasteiger partial charge in [0.15, 0.2) is 5.03 Å². The molecule has 3 rings (SSSR count). The van der Waals surface area contributed by atoms with Crippen molar-refractivity contribution >= 4 is 21.6 Å². The summed E-state index contributed by atoms with van der Waals surface area (Å²) in [5.74, 6) is 1.12. The van der Waals surface area contributed by atoms with Gasteiger partial charge in [0.05, 0.1) is 4.90 Å². The van der Waals surface area contributed by atoms with Crippen molar-refractivity contribution in [2.75, 3.05) is 5.75 Å². The van der Waals surface area contributed by atoms with Gasteiger partial charge in [0, 0.05) is 11.3 Å². The fourth-order valence-corrected chi connectivity index (χ4v) is 4.68. The monoisotopic (exact) mass is 370 g/mol. The Bertz CT molecular complexity index is 976. The molecule has 2 aromatic carbocycles. The molecular weight excluding hydrogens is 352 g/mol. The number of aromatic nitrogens is 2. The summed E-state index contributed by atoms with van der Waals surface area (Å²) in [5, 5.41) is 0.585. The Morgan fingerprint density at radius 2 is 1.80 bits per heavy atom. The summed E-state index contributed by atoms with van der Waals surface area (Å²) in [4.78, 5) is 7.77. The minimum absolute atomic E-state index is 0.127. The molecule has 1 aromatic heterocycles. The summed E-state index contributed by atoms with van der Waals surface area (Å²) < 4.78 is 26.1. The van der Waals surface area contributed by atoms with Gasteiger partial charge in [0.1, 0.15) is 10.9 Å². The van der Waals surface area contributed by atoms with Gasteiger partial charge in [-0.05, 0) is 19.1 Å². The zero-order valence-electron chi connectivity index (χ0n) is 13.8. The molecular formula is C19H18N2O2S2. The normalized spacial score (nSPS) is 11.4. The highest BCUT2D eigenvalue weighted by Crippen LogP contribution is 2.32. The lowest BCUT2D eigenvalue weighted by atomic mass is 10.2. The molecule has 0 aliphatic heterocycles. The molecule has 0 amide bonds. The van der Waals surface area contributed by atoms with Crippen LogP contribution in [0.4, 0.5) is 0 Å². The van der Waals surface area contributed by atoms with E-state index in [2.05, 4.69) is 16.5 Å². The van der Waals surface area contributed by atoms with E-state index in [9.17, 15) is 8.42 Å². The number of benzene rings is 2. The minimum atomic E-state index is -3.68. The molecule has 0 unspecified atom stereocenters. The summed E-state index contributed by atoms with van der Waals surface area (Å²) in [7, 11) is -3.68. The molecule has 6 heteroatoms. The van der Waals surface area contributed by atoms with Crippen molar-refractivity contribution in [3.63, 3.8) is 0 Å². The zero-order valence-corrected chi connectivity index (χ0v) is 15.4. The van der Waals surface area contributed by atoms with Crippen LogP contribution in [-0.4, -0.2) is 24.1 Å². The van der Waals surface area contributed by atoms with E-state index in [4.69, 9.17) is 0 Å². The van der Waals surface area contributed by atoms with Gasteiger partial charge < -0.3 is 4.98 Å². The number of hydrogen-bond acceptors (Lipinski definition) is 4. The Morgan fingerprint density at radius 1 is 1.12 bits per heavy atom. The maximum atomic E-state index is 13.1. The number of rotatable bonds is 6. The second kappa shape index (κ2) is 7.29. The SMILES string of the molecule is C=CCSc1nc(-c2ccccc2)[nH]c1S(=O)(=O)c1ccc(C)cc1. The van der Waals surface area contributed by atoms with Gasteiger partial charge in [0.2, 0.25) is 9.84 Å². The van der Waals surface area contributed by atoms with E-state index in [-0.39, 0.29) is 9.92 Å². The first kappa shape index (κ1) is 17.5. The number of imidazole rings is 1. The van der Waals surface area contributed by atoms with Gasteiger partial charge in [0.25, 0.3) is 0 Å². The van der Waals surface area contributed by atoms with Crippen molar-refractivity contribution in [3.8, 4) is 11.4 Å². The number of nitrogens with zero attached hydrogens (tertiary/aromatic N) is 1. The quantitative estimate of drug-likeness (QED) is 0.513. The number of thioether (sulfide) groups is 1. The molecule has 4 nitrogen and oxygen atoms in total. The van der Waals surface area contributed by atoms with Crippen LogP contribution in [0.1, 0.15) is 5.56 Å². The summed E-state index contributed by atoms with van der Waals surface area (Å²) in [5.41, 5.74) is 1.85. The molecule has 0 radical (unpaired) electrons. The van der Waals surface area contributed by atoms with Crippen molar-refractivity contribution in [1.29, 1.82) is 0 Å². The highest BCUT2D eigenvalue weighted by atomic mass is 32.2. The molecule has 0 atom stereocenters. The van der Waals surface area contributed by atoms with Crippen LogP contribution in [0.5, 0.6) is 0 Å². The van der Waals surface area contributed by atoms with Crippen LogP contribution in [0.3, 0.4) is 0 Å². The number of aromatic amines is 1. The van der Waals surface area contributed by atoms with Crippen molar-refractivity contribution in [1.82, 2.24) is 9.97 Å². The van der Waals surface area contributed by atoms with E-state index in [0.29, 0.717) is 16.6 Å². The Balaban J connectivity index is 2.11. The van der Waals surface area contributed by atoms with E-state index in [1.54, 1.807) is 30.3 Å². The van der Waals surface area contributed by atoms with Crippen LogP contribution in [-0.2, 0) is 9.84 Å². The van der Waals surface area contributed by atoms with Crippen molar-refractivity contribution in [2.45, 2.75) is 21.9 Å². The van der Waals surface area contributed by atoms with Crippen LogP contribution in [0.25, 0.3) is 11.4 Å². The topological polar surface area (TPSA) is 62.8 Å². The van der Waals surface area contributed by atoms with Crippen LogP contribution >= 0.6 is 11.8 Å². The first-order valence-corrected chi connectivity index (χ1v) is 10.2. The highest BCUT2D eigenvalue weighted by Gasteiger charge is 2.26. The van der Waals surface area contributed by atoms with Crippen molar-refractivity contribution in [2.24, 2.45) is 0 Å². The van der Waals surface area contributed by atoms with Crippen LogP contribution < -0.4 is 0 Å². The Hall–Kier alpha value is -2.31. The van der Waals surface area contributed by atoms with E-state index >= 15 is 0 Å². The average molecular weight is 370 g/mol. The number of nitrogens with one attached hydrogen (secondary N) is 1. The number of hydrogen-bond donors (Lipinski definition) is 1. The van der Waals surface area contributed by atoms with Crippen LogP contribution in [0.2, 0.25) is 0 Å². The average Bonchev–Trinajstić information content (AvgIpc) is 3.06. The Labute approximate surface area is 151 Å². The van der Waals surface area contributed by atoms with E-state index in [0.717, 1.165) is 11.1 Å². The molecule has 0 saturated heterocycles. The lowest BCUT2D eigenvalue weighted by molar-refractivity contribution is 0.590. The largest absolute Gasteiger partial charge is 0.328 e. The predicted molar refractivity (Wildman–Crippen MR) is 102 cm³/mol. The van der Waals surface area contributed by atoms with Crippen molar-refractivity contribution < 1.29 is 8.42 Å². The van der Waals surface area contributed by atoms with Crippen molar-refractivity contribution in [3.05, 3.63) is 72.8 Å². The number of aryl methyl sites for hydroxylation is 1. The van der Waals surface area contributed by atoms with E-state index in [1.165, 1.54) is 11.8 Å². The van der Waals surface area contributed by atoms with Gasteiger partial charge in [-0.25, -0.2) is 13.4 Å². The first-order valence-electron chi connectivity index (χ1n) is 7.73. The fraction of sp³-hybridized carbons (Fsp3) is 0.105. The zero-order chi connectivity index (χ0) is 17.9. The molecule has 25 heavy (non-hydrogen) atoms. The number of sulfone groups is 1. The molecule has 128 valence electrons. The molecule has 0 aliphatic rings. The fourth-order valence-electron chi connectivity index (χ4n) is 2.33. The molecule has 0 aliphatic carbocycles. The number of H-pyrrole nitrogens is 1. The van der Waals surface area contributed by atoms with E-state index in [1.807, 2.05) is 37.3 Å². The second-order valence-electron chi connectivity index (χ2n) is 5.50. The first-order chi connectivity index (χ1) is 12.0. The Morgan fingerprint density at radius 3 is 2.44 bits per heavy atom. The third-order valence-corrected chi connectivity index (χ3v) is 6.45. The maximum absolute atomic E-state index is 13.1. The summed E-state index contributed by atoms with van der Waals surface area (Å²) >= 11 is 1.35. The maximum Gasteiger partial charge on any atom is 0.224 e. The van der Waals surface area contributed by atoms with Gasteiger partial charge >= 0.3 is 0 Å². The van der Waals surface area contributed by atoms with Crippen LogP contribution in [0, 0.1) is 6.92 Å². The second-order valence-corrected chi connectivity index (χ2v) is 8.40. The third kappa shape index (κ3) is 3.70. The molecule has 1 N–H and O–H groups in total. The molecule has 0 saturated carbocycles. The Kier molecular flexibility index (Phi) is 5.11. The highest BCUT2D eigenvalue weighted by molar-refractivity contribution is 8.00. The molecule has 1 heterocycles. The standard InChI is InChI=1S/C19H18N2O2S2/c1-3-13-24-18-19(21-17(20-18)15-7-5-4-6-8-15)25(22,23)16-11-9-14(2)10-12-16/h3-12H,1,13H2,2H3,(H,20,21).